The van der Waals surface area contributed by atoms with E-state index in [9.17, 15) is 13.2 Å². The summed E-state index contributed by atoms with van der Waals surface area (Å²) in [6.07, 6.45) is 1.34. The van der Waals surface area contributed by atoms with Crippen LogP contribution in [0.3, 0.4) is 0 Å². The number of amides is 1. The smallest absolute Gasteiger partial charge is 0.264 e. The fourth-order valence-corrected chi connectivity index (χ4v) is 2.94. The number of hydrogen-bond acceptors (Lipinski definition) is 4. The minimum Gasteiger partial charge on any atom is -0.312 e. The van der Waals surface area contributed by atoms with Gasteiger partial charge in [-0.3, -0.25) is 8.98 Å². The van der Waals surface area contributed by atoms with Crippen molar-refractivity contribution < 1.29 is 17.4 Å². The van der Waals surface area contributed by atoms with Gasteiger partial charge in [-0.15, -0.1) is 0 Å². The quantitative estimate of drug-likeness (QED) is 0.797. The summed E-state index contributed by atoms with van der Waals surface area (Å²) in [6.45, 7) is 6.97. The van der Waals surface area contributed by atoms with E-state index in [1.807, 2.05) is 24.3 Å². The highest BCUT2D eigenvalue weighted by atomic mass is 32.2. The average molecular weight is 325 g/mol. The zero-order chi connectivity index (χ0) is 16.5. The molecule has 0 radical (unpaired) electrons. The first-order valence-corrected chi connectivity index (χ1v) is 9.13. The van der Waals surface area contributed by atoms with Crippen LogP contribution in [0.2, 0.25) is 0 Å². The molecule has 2 rings (SSSR count). The molecule has 0 N–H and O–H groups in total. The summed E-state index contributed by atoms with van der Waals surface area (Å²) in [5.41, 5.74) is 2.12. The van der Waals surface area contributed by atoms with Gasteiger partial charge in [-0.05, 0) is 23.1 Å². The number of hydrogen-bond donors (Lipinski definition) is 0. The van der Waals surface area contributed by atoms with Gasteiger partial charge in [-0.1, -0.05) is 32.9 Å². The fraction of sp³-hybridized carbons (Fsp3) is 0.562. The molecule has 1 aliphatic rings. The number of carbonyl (C=O) groups excluding carboxylic acids is 1. The van der Waals surface area contributed by atoms with E-state index < -0.39 is 10.1 Å². The lowest BCUT2D eigenvalue weighted by Crippen LogP contribution is -2.25. The van der Waals surface area contributed by atoms with Gasteiger partial charge in [0.05, 0.1) is 12.9 Å². The second kappa shape index (κ2) is 6.01. The number of anilines is 1. The van der Waals surface area contributed by atoms with E-state index in [1.165, 1.54) is 5.56 Å². The molecule has 1 aromatic carbocycles. The fourth-order valence-electron chi connectivity index (χ4n) is 2.50. The van der Waals surface area contributed by atoms with Crippen molar-refractivity contribution in [3.05, 3.63) is 29.8 Å². The van der Waals surface area contributed by atoms with Gasteiger partial charge in [-0.25, -0.2) is 0 Å². The normalized spacial score (nSPS) is 19.7. The Balaban J connectivity index is 2.05. The molecule has 1 heterocycles. The maximum atomic E-state index is 12.1. The standard InChI is InChI=1S/C16H23NO4S/c1-16(2,3)13-5-7-14(8-6-13)17-10-12(9-15(17)18)11-21-22(4,19)20/h5-8,12H,9-11H2,1-4H3. The van der Waals surface area contributed by atoms with Crippen molar-refractivity contribution >= 4 is 21.7 Å². The average Bonchev–Trinajstić information content (AvgIpc) is 2.76. The minimum absolute atomic E-state index is 0.00519. The molecule has 0 spiro atoms. The Labute approximate surface area is 132 Å². The molecule has 0 aliphatic carbocycles. The second-order valence-corrected chi connectivity index (χ2v) is 8.50. The molecule has 122 valence electrons. The molecule has 0 saturated carbocycles. The van der Waals surface area contributed by atoms with E-state index in [-0.39, 0.29) is 23.8 Å². The Bertz CT molecular complexity index is 644. The van der Waals surface area contributed by atoms with Crippen molar-refractivity contribution in [3.63, 3.8) is 0 Å². The molecule has 1 fully saturated rings. The first-order chi connectivity index (χ1) is 10.1. The summed E-state index contributed by atoms with van der Waals surface area (Å²) in [6, 6.07) is 7.95. The predicted octanol–water partition coefficient (Wildman–Crippen LogP) is 2.31. The predicted molar refractivity (Wildman–Crippen MR) is 86.4 cm³/mol. The van der Waals surface area contributed by atoms with Crippen molar-refractivity contribution in [3.8, 4) is 0 Å². The van der Waals surface area contributed by atoms with E-state index in [4.69, 9.17) is 4.18 Å². The van der Waals surface area contributed by atoms with Crippen molar-refractivity contribution in [2.75, 3.05) is 24.3 Å². The highest BCUT2D eigenvalue weighted by molar-refractivity contribution is 7.85. The number of carbonyl (C=O) groups is 1. The van der Waals surface area contributed by atoms with Crippen LogP contribution in [0.25, 0.3) is 0 Å². The summed E-state index contributed by atoms with van der Waals surface area (Å²) >= 11 is 0. The van der Waals surface area contributed by atoms with Crippen LogP contribution in [0.5, 0.6) is 0 Å². The summed E-state index contributed by atoms with van der Waals surface area (Å²) in [5.74, 6) is -0.0878. The number of nitrogens with zero attached hydrogens (tertiary/aromatic N) is 1. The third-order valence-electron chi connectivity index (χ3n) is 3.77. The Kier molecular flexibility index (Phi) is 4.63. The molecule has 0 bridgehead atoms. The van der Waals surface area contributed by atoms with Gasteiger partial charge >= 0.3 is 0 Å². The molecule has 1 atom stereocenters. The van der Waals surface area contributed by atoms with E-state index in [2.05, 4.69) is 20.8 Å². The highest BCUT2D eigenvalue weighted by Crippen LogP contribution is 2.28. The maximum Gasteiger partial charge on any atom is 0.264 e. The zero-order valence-electron chi connectivity index (χ0n) is 13.5. The van der Waals surface area contributed by atoms with Crippen LogP contribution in [0.15, 0.2) is 24.3 Å². The van der Waals surface area contributed by atoms with Crippen molar-refractivity contribution in [1.29, 1.82) is 0 Å². The first kappa shape index (κ1) is 17.0. The zero-order valence-corrected chi connectivity index (χ0v) is 14.3. The van der Waals surface area contributed by atoms with E-state index >= 15 is 0 Å². The third kappa shape index (κ3) is 4.30. The lowest BCUT2D eigenvalue weighted by atomic mass is 9.87. The molecule has 1 amide bonds. The Morgan fingerprint density at radius 3 is 2.32 bits per heavy atom. The highest BCUT2D eigenvalue weighted by Gasteiger charge is 2.31. The molecule has 1 unspecified atom stereocenters. The van der Waals surface area contributed by atoms with Crippen LogP contribution >= 0.6 is 0 Å². The van der Waals surface area contributed by atoms with Crippen LogP contribution in [-0.4, -0.2) is 33.7 Å². The second-order valence-electron chi connectivity index (χ2n) is 6.86. The van der Waals surface area contributed by atoms with Crippen LogP contribution < -0.4 is 4.90 Å². The van der Waals surface area contributed by atoms with Crippen LogP contribution in [-0.2, 0) is 24.5 Å². The topological polar surface area (TPSA) is 63.7 Å². The first-order valence-electron chi connectivity index (χ1n) is 7.31. The number of rotatable bonds is 4. The van der Waals surface area contributed by atoms with Crippen molar-refractivity contribution in [2.45, 2.75) is 32.6 Å². The SMILES string of the molecule is CC(C)(C)c1ccc(N2CC(COS(C)(=O)=O)CC2=O)cc1. The van der Waals surface area contributed by atoms with Crippen LogP contribution in [0.4, 0.5) is 5.69 Å². The minimum atomic E-state index is -3.46. The van der Waals surface area contributed by atoms with Gasteiger partial charge in [0, 0.05) is 24.6 Å². The number of benzene rings is 1. The van der Waals surface area contributed by atoms with Crippen LogP contribution in [0.1, 0.15) is 32.8 Å². The Hall–Kier alpha value is -1.40. The van der Waals surface area contributed by atoms with Gasteiger partial charge in [0.1, 0.15) is 0 Å². The van der Waals surface area contributed by atoms with Gasteiger partial charge in [0.15, 0.2) is 0 Å². The van der Waals surface area contributed by atoms with Gasteiger partial charge in [0.2, 0.25) is 5.91 Å². The van der Waals surface area contributed by atoms with Crippen LogP contribution in [0, 0.1) is 5.92 Å². The van der Waals surface area contributed by atoms with Gasteiger partial charge in [-0.2, -0.15) is 8.42 Å². The Morgan fingerprint density at radius 2 is 1.82 bits per heavy atom. The summed E-state index contributed by atoms with van der Waals surface area (Å²) in [5, 5.41) is 0. The molecule has 22 heavy (non-hydrogen) atoms. The summed E-state index contributed by atoms with van der Waals surface area (Å²) < 4.78 is 26.9. The van der Waals surface area contributed by atoms with Crippen molar-refractivity contribution in [2.24, 2.45) is 5.92 Å². The molecular formula is C16H23NO4S. The summed E-state index contributed by atoms with van der Waals surface area (Å²) in [7, 11) is -3.46. The largest absolute Gasteiger partial charge is 0.312 e. The summed E-state index contributed by atoms with van der Waals surface area (Å²) in [4.78, 5) is 13.8. The van der Waals surface area contributed by atoms with E-state index in [0.717, 1.165) is 11.9 Å². The van der Waals surface area contributed by atoms with Gasteiger partial charge in [0.25, 0.3) is 10.1 Å². The monoisotopic (exact) mass is 325 g/mol. The molecule has 1 saturated heterocycles. The third-order valence-corrected chi connectivity index (χ3v) is 4.33. The van der Waals surface area contributed by atoms with Crippen molar-refractivity contribution in [1.82, 2.24) is 0 Å². The lowest BCUT2D eigenvalue weighted by Gasteiger charge is -2.21. The molecule has 6 heteroatoms. The molecule has 1 aromatic rings. The molecule has 1 aliphatic heterocycles. The van der Waals surface area contributed by atoms with E-state index in [0.29, 0.717) is 13.0 Å². The van der Waals surface area contributed by atoms with Gasteiger partial charge < -0.3 is 4.90 Å². The molecule has 0 aromatic heterocycles. The maximum absolute atomic E-state index is 12.1. The Morgan fingerprint density at radius 1 is 1.23 bits per heavy atom. The van der Waals surface area contributed by atoms with E-state index in [1.54, 1.807) is 4.90 Å². The molecule has 5 nitrogen and oxygen atoms in total. The molecular weight excluding hydrogens is 302 g/mol. The lowest BCUT2D eigenvalue weighted by molar-refractivity contribution is -0.117.